The number of aryl methyl sites for hydroxylation is 2. The van der Waals surface area contributed by atoms with Crippen molar-refractivity contribution in [3.05, 3.63) is 34.9 Å². The van der Waals surface area contributed by atoms with Gasteiger partial charge in [-0.05, 0) is 38.8 Å². The Morgan fingerprint density at radius 2 is 1.92 bits per heavy atom. The van der Waals surface area contributed by atoms with E-state index in [2.05, 4.69) is 5.32 Å². The number of carbonyl (C=O) groups excluding carboxylic acids is 4. The highest BCUT2D eigenvalue weighted by Crippen LogP contribution is 2.20. The van der Waals surface area contributed by atoms with Crippen molar-refractivity contribution in [1.82, 2.24) is 10.2 Å². The Morgan fingerprint density at radius 3 is 2.52 bits per heavy atom. The summed E-state index contributed by atoms with van der Waals surface area (Å²) in [6, 6.07) is 4.81. The van der Waals surface area contributed by atoms with Crippen LogP contribution >= 0.6 is 0 Å². The lowest BCUT2D eigenvalue weighted by atomic mass is 9.99. The summed E-state index contributed by atoms with van der Waals surface area (Å²) in [4.78, 5) is 49.0. The van der Waals surface area contributed by atoms with Crippen molar-refractivity contribution < 1.29 is 23.9 Å². The molecule has 1 atom stereocenters. The number of nitrogens with zero attached hydrogens (tertiary/aromatic N) is 1. The maximum atomic E-state index is 12.2. The average Bonchev–Trinajstić information content (AvgIpc) is 2.78. The second-order valence-corrected chi connectivity index (χ2v) is 6.41. The quantitative estimate of drug-likeness (QED) is 0.481. The number of urea groups is 1. The van der Waals surface area contributed by atoms with E-state index in [0.29, 0.717) is 12.0 Å². The van der Waals surface area contributed by atoms with Crippen molar-refractivity contribution in [3.8, 4) is 0 Å². The Kier molecular flexibility index (Phi) is 5.25. The van der Waals surface area contributed by atoms with Gasteiger partial charge in [-0.3, -0.25) is 19.3 Å². The number of carbonyl (C=O) groups is 4. The molecule has 2 rings (SSSR count). The van der Waals surface area contributed by atoms with Gasteiger partial charge in [-0.15, -0.1) is 0 Å². The summed E-state index contributed by atoms with van der Waals surface area (Å²) in [5.41, 5.74) is 1.20. The van der Waals surface area contributed by atoms with Crippen LogP contribution in [-0.4, -0.2) is 47.3 Å². The molecule has 134 valence electrons. The predicted octanol–water partition coefficient (Wildman–Crippen LogP) is 1.75. The highest BCUT2D eigenvalue weighted by molar-refractivity contribution is 6.08. The van der Waals surface area contributed by atoms with Crippen molar-refractivity contribution in [1.29, 1.82) is 0 Å². The van der Waals surface area contributed by atoms with Gasteiger partial charge in [-0.25, -0.2) is 4.79 Å². The molecule has 0 unspecified atom stereocenters. The fraction of sp³-hybridized carbons (Fsp3) is 0.444. The molecule has 1 saturated heterocycles. The molecule has 1 aromatic rings. The minimum atomic E-state index is -1.01. The maximum Gasteiger partial charge on any atom is 0.326 e. The Hall–Kier alpha value is -2.70. The van der Waals surface area contributed by atoms with Crippen LogP contribution in [0.2, 0.25) is 0 Å². The number of esters is 1. The number of hydrogen-bond acceptors (Lipinski definition) is 5. The molecular weight excluding hydrogens is 324 g/mol. The van der Waals surface area contributed by atoms with E-state index in [1.807, 2.05) is 19.1 Å². The van der Waals surface area contributed by atoms with Crippen LogP contribution in [0.25, 0.3) is 0 Å². The number of rotatable bonds is 6. The molecule has 0 radical (unpaired) electrons. The molecule has 1 heterocycles. The van der Waals surface area contributed by atoms with Gasteiger partial charge in [0.15, 0.2) is 6.61 Å². The fourth-order valence-electron chi connectivity index (χ4n) is 2.57. The summed E-state index contributed by atoms with van der Waals surface area (Å²) in [6.07, 6.45) is 0.411. The maximum absolute atomic E-state index is 12.2. The van der Waals surface area contributed by atoms with Crippen molar-refractivity contribution >= 4 is 23.7 Å². The largest absolute Gasteiger partial charge is 0.456 e. The summed E-state index contributed by atoms with van der Waals surface area (Å²) in [7, 11) is 0. The molecule has 0 spiro atoms. The molecule has 25 heavy (non-hydrogen) atoms. The van der Waals surface area contributed by atoms with Crippen LogP contribution in [0.1, 0.15) is 41.8 Å². The number of benzene rings is 1. The van der Waals surface area contributed by atoms with Gasteiger partial charge >= 0.3 is 12.0 Å². The van der Waals surface area contributed by atoms with Crippen LogP contribution in [0, 0.1) is 13.8 Å². The van der Waals surface area contributed by atoms with Crippen LogP contribution in [-0.2, 0) is 14.3 Å². The van der Waals surface area contributed by atoms with Crippen molar-refractivity contribution in [2.45, 2.75) is 39.7 Å². The van der Waals surface area contributed by atoms with Gasteiger partial charge in [0.25, 0.3) is 5.91 Å². The first-order chi connectivity index (χ1) is 11.7. The summed E-state index contributed by atoms with van der Waals surface area (Å²) in [5, 5.41) is 2.55. The molecule has 7 nitrogen and oxygen atoms in total. The smallest absolute Gasteiger partial charge is 0.326 e. The van der Waals surface area contributed by atoms with E-state index in [0.717, 1.165) is 16.0 Å². The second-order valence-electron chi connectivity index (χ2n) is 6.41. The van der Waals surface area contributed by atoms with Crippen molar-refractivity contribution in [2.24, 2.45) is 0 Å². The first-order valence-electron chi connectivity index (χ1n) is 8.08. The number of Topliss-reactive ketones (excluding diaryl/α,β-unsaturated/α-hetero) is 1. The minimum Gasteiger partial charge on any atom is -0.456 e. The number of ketones is 1. The van der Waals surface area contributed by atoms with Crippen LogP contribution in [0.15, 0.2) is 18.2 Å². The van der Waals surface area contributed by atoms with E-state index < -0.39 is 36.6 Å². The van der Waals surface area contributed by atoms with E-state index in [1.165, 1.54) is 0 Å². The number of hydrogen-bond donors (Lipinski definition) is 1. The van der Waals surface area contributed by atoms with E-state index in [9.17, 15) is 19.2 Å². The third-order valence-corrected chi connectivity index (χ3v) is 4.40. The van der Waals surface area contributed by atoms with Gasteiger partial charge in [-0.2, -0.15) is 0 Å². The molecule has 1 aromatic carbocycles. The molecule has 1 aliphatic heterocycles. The van der Waals surface area contributed by atoms with Gasteiger partial charge in [-0.1, -0.05) is 24.6 Å². The summed E-state index contributed by atoms with van der Waals surface area (Å²) in [6.45, 7) is 6.08. The molecule has 1 fully saturated rings. The highest BCUT2D eigenvalue weighted by Gasteiger charge is 2.47. The van der Waals surface area contributed by atoms with Crippen molar-refractivity contribution in [2.75, 3.05) is 13.2 Å². The van der Waals surface area contributed by atoms with Gasteiger partial charge in [0.2, 0.25) is 5.78 Å². The third-order valence-electron chi connectivity index (χ3n) is 4.40. The molecule has 1 N–H and O–H groups in total. The SMILES string of the molecule is CC[C@]1(C)NC(=O)N(CC(=O)OCC(=O)c2cc(C)ccc2C)C1=O. The Bertz CT molecular complexity index is 743. The zero-order chi connectivity index (χ0) is 18.8. The van der Waals surface area contributed by atoms with E-state index in [1.54, 1.807) is 26.8 Å². The van der Waals surface area contributed by atoms with Crippen LogP contribution in [0.5, 0.6) is 0 Å². The Morgan fingerprint density at radius 1 is 1.24 bits per heavy atom. The zero-order valence-electron chi connectivity index (χ0n) is 14.8. The summed E-state index contributed by atoms with van der Waals surface area (Å²) >= 11 is 0. The van der Waals surface area contributed by atoms with E-state index >= 15 is 0 Å². The molecule has 0 saturated carbocycles. The van der Waals surface area contributed by atoms with E-state index in [-0.39, 0.29) is 5.78 Å². The van der Waals surface area contributed by atoms with Crippen LogP contribution < -0.4 is 5.32 Å². The summed E-state index contributed by atoms with van der Waals surface area (Å²) in [5.74, 6) is -1.61. The standard InChI is InChI=1S/C18H22N2O5/c1-5-18(4)16(23)20(17(24)19-18)9-15(22)25-10-14(21)13-8-11(2)6-7-12(13)3/h6-8H,5,9-10H2,1-4H3,(H,19,24)/t18-/m0/s1. The Labute approximate surface area is 146 Å². The normalized spacial score (nSPS) is 19.8. The molecule has 0 aromatic heterocycles. The number of imide groups is 1. The second kappa shape index (κ2) is 7.04. The van der Waals surface area contributed by atoms with Gasteiger partial charge in [0, 0.05) is 5.56 Å². The summed E-state index contributed by atoms with van der Waals surface area (Å²) < 4.78 is 4.95. The highest BCUT2D eigenvalue weighted by atomic mass is 16.5. The van der Waals surface area contributed by atoms with Gasteiger partial charge in [0.1, 0.15) is 12.1 Å². The monoisotopic (exact) mass is 346 g/mol. The molecule has 7 heteroatoms. The lowest BCUT2D eigenvalue weighted by molar-refractivity contribution is -0.146. The molecule has 0 bridgehead atoms. The number of amides is 3. The topological polar surface area (TPSA) is 92.8 Å². The van der Waals surface area contributed by atoms with Crippen LogP contribution in [0.4, 0.5) is 4.79 Å². The predicted molar refractivity (Wildman–Crippen MR) is 90.1 cm³/mol. The van der Waals surface area contributed by atoms with Gasteiger partial charge < -0.3 is 10.1 Å². The fourth-order valence-corrected chi connectivity index (χ4v) is 2.57. The van der Waals surface area contributed by atoms with Gasteiger partial charge in [0.05, 0.1) is 0 Å². The Balaban J connectivity index is 1.95. The van der Waals surface area contributed by atoms with E-state index in [4.69, 9.17) is 4.74 Å². The first-order valence-corrected chi connectivity index (χ1v) is 8.08. The molecular formula is C18H22N2O5. The lowest BCUT2D eigenvalue weighted by Crippen LogP contribution is -2.43. The molecule has 0 aliphatic carbocycles. The number of nitrogens with one attached hydrogen (secondary N) is 1. The average molecular weight is 346 g/mol. The third kappa shape index (κ3) is 3.87. The van der Waals surface area contributed by atoms with Crippen LogP contribution in [0.3, 0.4) is 0 Å². The minimum absolute atomic E-state index is 0.329. The zero-order valence-corrected chi connectivity index (χ0v) is 14.8. The lowest BCUT2D eigenvalue weighted by Gasteiger charge is -2.18. The molecule has 1 aliphatic rings. The molecule has 3 amide bonds. The first kappa shape index (κ1) is 18.6. The van der Waals surface area contributed by atoms with Crippen molar-refractivity contribution in [3.63, 3.8) is 0 Å². The number of ether oxygens (including phenoxy) is 1.